The lowest BCUT2D eigenvalue weighted by Crippen LogP contribution is -2.32. The van der Waals surface area contributed by atoms with Crippen LogP contribution in [-0.2, 0) is 5.41 Å². The van der Waals surface area contributed by atoms with Crippen molar-refractivity contribution < 1.29 is 5.11 Å². The molecule has 0 aliphatic rings. The predicted octanol–water partition coefficient (Wildman–Crippen LogP) is 4.48. The smallest absolute Gasteiger partial charge is 0.0886 e. The number of benzene rings is 2. The van der Waals surface area contributed by atoms with Crippen LogP contribution in [0.25, 0.3) is 0 Å². The Labute approximate surface area is 115 Å². The van der Waals surface area contributed by atoms with Crippen LogP contribution in [0.5, 0.6) is 0 Å². The summed E-state index contributed by atoms with van der Waals surface area (Å²) in [5.41, 5.74) is 2.01. The summed E-state index contributed by atoms with van der Waals surface area (Å²) in [6.45, 7) is 4.31. The fourth-order valence-electron chi connectivity index (χ4n) is 2.93. The molecule has 0 aliphatic carbocycles. The number of aliphatic hydroxyl groups excluding tert-OH is 1. The Morgan fingerprint density at radius 2 is 1.32 bits per heavy atom. The van der Waals surface area contributed by atoms with Crippen molar-refractivity contribution in [1.29, 1.82) is 0 Å². The van der Waals surface area contributed by atoms with Crippen molar-refractivity contribution in [3.8, 4) is 0 Å². The monoisotopic (exact) mass is 254 g/mol. The third kappa shape index (κ3) is 2.57. The van der Waals surface area contributed by atoms with Crippen LogP contribution in [0, 0.1) is 0 Å². The van der Waals surface area contributed by atoms with Crippen LogP contribution in [0.4, 0.5) is 0 Å². The molecule has 1 N–H and O–H groups in total. The van der Waals surface area contributed by atoms with Gasteiger partial charge in [-0.3, -0.25) is 0 Å². The number of aliphatic hydroxyl groups is 1. The third-order valence-corrected chi connectivity index (χ3v) is 4.25. The van der Waals surface area contributed by atoms with Crippen LogP contribution < -0.4 is 0 Å². The standard InChI is InChI=1S/C18H22O/c1-3-18(4-2,16-13-9-6-10-14-16)17(19)15-11-7-5-8-12-15/h5-14,17,19H,3-4H2,1-2H3. The second kappa shape index (κ2) is 6.03. The summed E-state index contributed by atoms with van der Waals surface area (Å²) >= 11 is 0. The van der Waals surface area contributed by atoms with Gasteiger partial charge in [0.1, 0.15) is 0 Å². The molecule has 2 rings (SSSR count). The molecule has 0 spiro atoms. The molecule has 0 saturated carbocycles. The lowest BCUT2D eigenvalue weighted by Gasteiger charge is -2.37. The maximum Gasteiger partial charge on any atom is 0.0886 e. The summed E-state index contributed by atoms with van der Waals surface area (Å²) in [6.07, 6.45) is 1.37. The quantitative estimate of drug-likeness (QED) is 0.834. The van der Waals surface area contributed by atoms with E-state index in [9.17, 15) is 5.11 Å². The minimum absolute atomic E-state index is 0.206. The Bertz CT molecular complexity index is 486. The maximum absolute atomic E-state index is 10.9. The first-order valence-electron chi connectivity index (χ1n) is 7.03. The zero-order valence-corrected chi connectivity index (χ0v) is 11.7. The highest BCUT2D eigenvalue weighted by Gasteiger charge is 2.37. The molecule has 0 saturated heterocycles. The van der Waals surface area contributed by atoms with Crippen molar-refractivity contribution in [1.82, 2.24) is 0 Å². The molecule has 0 heterocycles. The van der Waals surface area contributed by atoms with Crippen molar-refractivity contribution in [3.63, 3.8) is 0 Å². The average Bonchev–Trinajstić information content (AvgIpc) is 2.51. The van der Waals surface area contributed by atoms with E-state index in [0.29, 0.717) is 0 Å². The Balaban J connectivity index is 2.45. The highest BCUT2D eigenvalue weighted by molar-refractivity contribution is 5.31. The van der Waals surface area contributed by atoms with E-state index in [4.69, 9.17) is 0 Å². The second-order valence-electron chi connectivity index (χ2n) is 5.04. The van der Waals surface area contributed by atoms with Gasteiger partial charge in [-0.15, -0.1) is 0 Å². The zero-order chi connectivity index (χ0) is 13.7. The fourth-order valence-corrected chi connectivity index (χ4v) is 2.93. The number of hydrogen-bond acceptors (Lipinski definition) is 1. The molecule has 1 nitrogen and oxygen atoms in total. The lowest BCUT2D eigenvalue weighted by atomic mass is 9.69. The molecule has 2 aromatic carbocycles. The van der Waals surface area contributed by atoms with Crippen LogP contribution in [0.1, 0.15) is 43.9 Å². The van der Waals surface area contributed by atoms with Crippen molar-refractivity contribution in [2.75, 3.05) is 0 Å². The maximum atomic E-state index is 10.9. The first-order chi connectivity index (χ1) is 9.24. The van der Waals surface area contributed by atoms with E-state index in [1.54, 1.807) is 0 Å². The molecule has 1 atom stereocenters. The highest BCUT2D eigenvalue weighted by atomic mass is 16.3. The highest BCUT2D eigenvalue weighted by Crippen LogP contribution is 2.42. The number of rotatable bonds is 5. The lowest BCUT2D eigenvalue weighted by molar-refractivity contribution is 0.0727. The van der Waals surface area contributed by atoms with Crippen molar-refractivity contribution in [3.05, 3.63) is 71.8 Å². The Hall–Kier alpha value is -1.60. The van der Waals surface area contributed by atoms with Gasteiger partial charge in [-0.2, -0.15) is 0 Å². The van der Waals surface area contributed by atoms with Gasteiger partial charge in [-0.1, -0.05) is 74.5 Å². The molecule has 2 aromatic rings. The Morgan fingerprint density at radius 3 is 1.79 bits per heavy atom. The molecule has 0 bridgehead atoms. The van der Waals surface area contributed by atoms with E-state index in [1.807, 2.05) is 48.5 Å². The first-order valence-corrected chi connectivity index (χ1v) is 7.03. The van der Waals surface area contributed by atoms with E-state index >= 15 is 0 Å². The second-order valence-corrected chi connectivity index (χ2v) is 5.04. The van der Waals surface area contributed by atoms with Crippen molar-refractivity contribution in [2.24, 2.45) is 0 Å². The van der Waals surface area contributed by atoms with E-state index in [-0.39, 0.29) is 5.41 Å². The van der Waals surface area contributed by atoms with Gasteiger partial charge < -0.3 is 5.11 Å². The molecular formula is C18H22O. The molecule has 0 aromatic heterocycles. The average molecular weight is 254 g/mol. The van der Waals surface area contributed by atoms with Crippen LogP contribution in [0.2, 0.25) is 0 Å². The first kappa shape index (κ1) is 13.8. The molecular weight excluding hydrogens is 232 g/mol. The third-order valence-electron chi connectivity index (χ3n) is 4.25. The van der Waals surface area contributed by atoms with Gasteiger partial charge in [0.2, 0.25) is 0 Å². The summed E-state index contributed by atoms with van der Waals surface area (Å²) < 4.78 is 0. The molecule has 0 radical (unpaired) electrons. The SMILES string of the molecule is CCC(CC)(c1ccccc1)C(O)c1ccccc1. The van der Waals surface area contributed by atoms with Gasteiger partial charge in [-0.05, 0) is 24.0 Å². The van der Waals surface area contributed by atoms with E-state index in [2.05, 4.69) is 26.0 Å². The summed E-state index contributed by atoms with van der Waals surface area (Å²) in [6, 6.07) is 20.3. The van der Waals surface area contributed by atoms with Gasteiger partial charge >= 0.3 is 0 Å². The minimum Gasteiger partial charge on any atom is -0.387 e. The Kier molecular flexibility index (Phi) is 4.39. The minimum atomic E-state index is -0.467. The zero-order valence-electron chi connectivity index (χ0n) is 11.7. The molecule has 1 heteroatoms. The largest absolute Gasteiger partial charge is 0.387 e. The van der Waals surface area contributed by atoms with E-state index in [0.717, 1.165) is 18.4 Å². The molecule has 100 valence electrons. The number of hydrogen-bond donors (Lipinski definition) is 1. The van der Waals surface area contributed by atoms with E-state index < -0.39 is 6.10 Å². The van der Waals surface area contributed by atoms with Crippen LogP contribution in [0.3, 0.4) is 0 Å². The summed E-state index contributed by atoms with van der Waals surface area (Å²) in [4.78, 5) is 0. The van der Waals surface area contributed by atoms with Crippen molar-refractivity contribution >= 4 is 0 Å². The van der Waals surface area contributed by atoms with Crippen molar-refractivity contribution in [2.45, 2.75) is 38.2 Å². The van der Waals surface area contributed by atoms with Gasteiger partial charge in [-0.25, -0.2) is 0 Å². The Morgan fingerprint density at radius 1 is 0.842 bits per heavy atom. The predicted molar refractivity (Wildman–Crippen MR) is 80.1 cm³/mol. The normalized spacial score (nSPS) is 13.2. The van der Waals surface area contributed by atoms with Crippen LogP contribution >= 0.6 is 0 Å². The summed E-state index contributed by atoms with van der Waals surface area (Å²) in [5.74, 6) is 0. The van der Waals surface area contributed by atoms with Gasteiger partial charge in [0, 0.05) is 5.41 Å². The molecule has 0 fully saturated rings. The van der Waals surface area contributed by atoms with Crippen LogP contribution in [-0.4, -0.2) is 5.11 Å². The molecule has 0 amide bonds. The molecule has 1 unspecified atom stereocenters. The van der Waals surface area contributed by atoms with Gasteiger partial charge in [0.05, 0.1) is 6.10 Å². The topological polar surface area (TPSA) is 20.2 Å². The van der Waals surface area contributed by atoms with Gasteiger partial charge in [0.25, 0.3) is 0 Å². The van der Waals surface area contributed by atoms with Gasteiger partial charge in [0.15, 0.2) is 0 Å². The molecule has 0 aliphatic heterocycles. The summed E-state index contributed by atoms with van der Waals surface area (Å²) in [7, 11) is 0. The summed E-state index contributed by atoms with van der Waals surface area (Å²) in [5, 5.41) is 10.9. The fraction of sp³-hybridized carbons (Fsp3) is 0.333. The van der Waals surface area contributed by atoms with Crippen LogP contribution in [0.15, 0.2) is 60.7 Å². The molecule has 19 heavy (non-hydrogen) atoms. The van der Waals surface area contributed by atoms with E-state index in [1.165, 1.54) is 5.56 Å².